The number of hydrogen-bond acceptors (Lipinski definition) is 8. The summed E-state index contributed by atoms with van der Waals surface area (Å²) in [6.45, 7) is 4.15. The van der Waals surface area contributed by atoms with Crippen LogP contribution >= 0.6 is 0 Å². The van der Waals surface area contributed by atoms with E-state index in [9.17, 15) is 24.5 Å². The van der Waals surface area contributed by atoms with E-state index >= 15 is 0 Å². The highest BCUT2D eigenvalue weighted by Gasteiger charge is 2.48. The van der Waals surface area contributed by atoms with Gasteiger partial charge < -0.3 is 14.2 Å². The van der Waals surface area contributed by atoms with Gasteiger partial charge in [0.15, 0.2) is 5.92 Å². The van der Waals surface area contributed by atoms with Gasteiger partial charge in [0.05, 0.1) is 13.0 Å². The van der Waals surface area contributed by atoms with Crippen LogP contribution in [0.5, 0.6) is 0 Å². The van der Waals surface area contributed by atoms with Crippen LogP contribution in [0.2, 0.25) is 0 Å². The van der Waals surface area contributed by atoms with Crippen LogP contribution in [-0.4, -0.2) is 41.3 Å². The topological polar surface area (TPSA) is 122 Å². The average molecular weight is 289 g/mol. The Balaban J connectivity index is 2.84. The predicted molar refractivity (Wildman–Crippen MR) is 61.8 cm³/mol. The van der Waals surface area contributed by atoms with Crippen LogP contribution in [0.15, 0.2) is 0 Å². The maximum atomic E-state index is 11.7. The predicted octanol–water partition coefficient (Wildman–Crippen LogP) is 0.0372. The lowest BCUT2D eigenvalue weighted by molar-refractivity contribution is -0.512. The summed E-state index contributed by atoms with van der Waals surface area (Å²) in [4.78, 5) is 44.7. The third-order valence-corrected chi connectivity index (χ3v) is 2.53. The molecule has 0 aromatic carbocycles. The van der Waals surface area contributed by atoms with Crippen LogP contribution in [-0.2, 0) is 28.6 Å². The van der Waals surface area contributed by atoms with Crippen LogP contribution in [0.4, 0.5) is 0 Å². The molecule has 0 amide bonds. The van der Waals surface area contributed by atoms with Crippen molar-refractivity contribution in [2.75, 3.05) is 6.61 Å². The highest BCUT2D eigenvalue weighted by atomic mass is 16.7. The number of hydrogen-bond donors (Lipinski definition) is 0. The number of ether oxygens (including phenoxy) is 3. The molecule has 1 heterocycles. The zero-order valence-electron chi connectivity index (χ0n) is 11.3. The molecule has 0 aliphatic carbocycles. The number of carbonyl (C=O) groups is 3. The van der Waals surface area contributed by atoms with Gasteiger partial charge in [0.25, 0.3) is 5.79 Å². The minimum Gasteiger partial charge on any atom is -0.461 e. The van der Waals surface area contributed by atoms with E-state index in [0.29, 0.717) is 0 Å². The maximum Gasteiger partial charge on any atom is 0.381 e. The van der Waals surface area contributed by atoms with Gasteiger partial charge in [-0.1, -0.05) is 0 Å². The lowest BCUT2D eigenvalue weighted by atomic mass is 9.99. The Hall–Kier alpha value is -2.19. The van der Waals surface area contributed by atoms with Crippen LogP contribution in [0, 0.1) is 16.0 Å². The molecule has 1 rings (SSSR count). The zero-order valence-corrected chi connectivity index (χ0v) is 11.3. The van der Waals surface area contributed by atoms with Crippen molar-refractivity contribution in [2.45, 2.75) is 39.0 Å². The Bertz CT molecular complexity index is 424. The van der Waals surface area contributed by atoms with E-state index in [1.165, 1.54) is 20.8 Å². The number of rotatable bonds is 5. The van der Waals surface area contributed by atoms with Gasteiger partial charge in [-0.05, 0) is 6.92 Å². The number of nitro groups is 1. The number of nitrogens with zero attached hydrogens (tertiary/aromatic N) is 1. The molecule has 1 atom stereocenters. The standard InChI is InChI=1S/C11H15NO8/c1-4-18-10(15)7(12(16)17)5-6-8(13)19-11(2,3)20-9(6)14/h6-7H,4-5H2,1-3H3. The number of carbonyl (C=O) groups excluding carboxylic acids is 3. The SMILES string of the molecule is CCOC(=O)C(CC1C(=O)OC(C)(C)OC1=O)[N+](=O)[O-]. The lowest BCUT2D eigenvalue weighted by Gasteiger charge is -2.32. The number of cyclic esters (lactones) is 2. The first-order valence-electron chi connectivity index (χ1n) is 5.93. The average Bonchev–Trinajstić information content (AvgIpc) is 2.25. The van der Waals surface area contributed by atoms with E-state index in [2.05, 4.69) is 4.74 Å². The van der Waals surface area contributed by atoms with Crippen molar-refractivity contribution in [3.05, 3.63) is 10.1 Å². The van der Waals surface area contributed by atoms with Gasteiger partial charge in [0.1, 0.15) is 0 Å². The molecule has 0 aromatic rings. The quantitative estimate of drug-likeness (QED) is 0.301. The van der Waals surface area contributed by atoms with E-state index < -0.39 is 47.0 Å². The van der Waals surface area contributed by atoms with Crippen LogP contribution in [0.3, 0.4) is 0 Å². The van der Waals surface area contributed by atoms with Crippen molar-refractivity contribution in [1.29, 1.82) is 0 Å². The smallest absolute Gasteiger partial charge is 0.381 e. The second-order valence-corrected chi connectivity index (χ2v) is 4.58. The molecule has 1 aliphatic rings. The molecule has 0 aromatic heterocycles. The van der Waals surface area contributed by atoms with Gasteiger partial charge in [-0.2, -0.15) is 0 Å². The van der Waals surface area contributed by atoms with E-state index in [0.717, 1.165) is 0 Å². The normalized spacial score (nSPS) is 19.8. The molecule has 9 nitrogen and oxygen atoms in total. The third kappa shape index (κ3) is 3.65. The molecular formula is C11H15NO8. The minimum absolute atomic E-state index is 0.0459. The zero-order chi connectivity index (χ0) is 15.5. The second kappa shape index (κ2) is 5.85. The highest BCUT2D eigenvalue weighted by molar-refractivity contribution is 5.97. The van der Waals surface area contributed by atoms with Crippen molar-refractivity contribution >= 4 is 17.9 Å². The largest absolute Gasteiger partial charge is 0.461 e. The summed E-state index contributed by atoms with van der Waals surface area (Å²) in [5, 5.41) is 10.8. The van der Waals surface area contributed by atoms with Crippen LogP contribution in [0.1, 0.15) is 27.2 Å². The number of esters is 3. The minimum atomic E-state index is -1.82. The van der Waals surface area contributed by atoms with Gasteiger partial charge in [0.2, 0.25) is 0 Å². The van der Waals surface area contributed by atoms with E-state index in [-0.39, 0.29) is 6.61 Å². The molecule has 0 bridgehead atoms. The van der Waals surface area contributed by atoms with Gasteiger partial charge >= 0.3 is 23.9 Å². The summed E-state index contributed by atoms with van der Waals surface area (Å²) in [6, 6.07) is -1.82. The van der Waals surface area contributed by atoms with Crippen LogP contribution < -0.4 is 0 Å². The molecule has 1 aliphatic heterocycles. The summed E-state index contributed by atoms with van der Waals surface area (Å²) in [5.74, 6) is -5.95. The van der Waals surface area contributed by atoms with Crippen molar-refractivity contribution in [3.8, 4) is 0 Å². The summed E-state index contributed by atoms with van der Waals surface area (Å²) in [6.07, 6.45) is -0.653. The van der Waals surface area contributed by atoms with Crippen molar-refractivity contribution < 1.29 is 33.5 Å². The van der Waals surface area contributed by atoms with E-state index in [1.54, 1.807) is 0 Å². The fourth-order valence-corrected chi connectivity index (χ4v) is 1.67. The first-order valence-corrected chi connectivity index (χ1v) is 5.93. The van der Waals surface area contributed by atoms with Gasteiger partial charge in [-0.15, -0.1) is 0 Å². The molecule has 0 radical (unpaired) electrons. The fraction of sp³-hybridized carbons (Fsp3) is 0.727. The van der Waals surface area contributed by atoms with E-state index in [4.69, 9.17) is 9.47 Å². The van der Waals surface area contributed by atoms with Gasteiger partial charge in [0, 0.05) is 18.8 Å². The third-order valence-electron chi connectivity index (χ3n) is 2.53. The van der Waals surface area contributed by atoms with E-state index in [1.807, 2.05) is 0 Å². The second-order valence-electron chi connectivity index (χ2n) is 4.58. The Morgan fingerprint density at radius 2 is 1.90 bits per heavy atom. The Morgan fingerprint density at radius 1 is 1.40 bits per heavy atom. The van der Waals surface area contributed by atoms with Gasteiger partial charge in [-0.3, -0.25) is 19.7 Å². The Labute approximate surface area is 114 Å². The molecule has 0 spiro atoms. The molecule has 1 saturated heterocycles. The Kier molecular flexibility index (Phi) is 4.64. The first-order chi connectivity index (χ1) is 9.18. The molecule has 112 valence electrons. The van der Waals surface area contributed by atoms with Gasteiger partial charge in [-0.25, -0.2) is 4.79 Å². The molecule has 0 saturated carbocycles. The summed E-state index contributed by atoms with van der Waals surface area (Å²) in [7, 11) is 0. The van der Waals surface area contributed by atoms with Crippen molar-refractivity contribution in [2.24, 2.45) is 5.92 Å². The summed E-state index contributed by atoms with van der Waals surface area (Å²) >= 11 is 0. The lowest BCUT2D eigenvalue weighted by Crippen LogP contribution is -2.48. The summed E-state index contributed by atoms with van der Waals surface area (Å²) in [5.41, 5.74) is 0. The van der Waals surface area contributed by atoms with Crippen LogP contribution in [0.25, 0.3) is 0 Å². The molecule has 1 unspecified atom stereocenters. The fourth-order valence-electron chi connectivity index (χ4n) is 1.67. The molecular weight excluding hydrogens is 274 g/mol. The molecule has 1 fully saturated rings. The molecule has 0 N–H and O–H groups in total. The Morgan fingerprint density at radius 3 is 2.30 bits per heavy atom. The molecule has 9 heteroatoms. The maximum absolute atomic E-state index is 11.7. The summed E-state index contributed by atoms with van der Waals surface area (Å²) < 4.78 is 14.2. The first kappa shape index (κ1) is 15.9. The molecule has 20 heavy (non-hydrogen) atoms. The van der Waals surface area contributed by atoms with Crippen molar-refractivity contribution in [3.63, 3.8) is 0 Å². The van der Waals surface area contributed by atoms with Crippen molar-refractivity contribution in [1.82, 2.24) is 0 Å². The monoisotopic (exact) mass is 289 g/mol. The highest BCUT2D eigenvalue weighted by Crippen LogP contribution is 2.26.